The summed E-state index contributed by atoms with van der Waals surface area (Å²) >= 11 is 0. The molecule has 0 saturated carbocycles. The number of nitrogens with two attached hydrogens (primary N) is 1. The molecule has 0 radical (unpaired) electrons. The number of nitrogens with zero attached hydrogens (tertiary/aromatic N) is 2. The van der Waals surface area contributed by atoms with Crippen molar-refractivity contribution in [2.75, 3.05) is 5.73 Å². The third kappa shape index (κ3) is 2.82. The highest BCUT2D eigenvalue weighted by Crippen LogP contribution is 1.96. The fraction of sp³-hybridized carbons (Fsp3) is 0.250. The number of hydrogen-bond acceptors (Lipinski definition) is 4. The number of aryl methyl sites for hydroxylation is 3. The minimum Gasteiger partial charge on any atom is -0.398 e. The van der Waals surface area contributed by atoms with Gasteiger partial charge in [0, 0.05) is 42.8 Å². The Balaban J connectivity index is 2.26. The summed E-state index contributed by atoms with van der Waals surface area (Å²) < 4.78 is 2.77. The van der Waals surface area contributed by atoms with Crippen molar-refractivity contribution in [3.63, 3.8) is 0 Å². The van der Waals surface area contributed by atoms with Crippen molar-refractivity contribution in [3.8, 4) is 0 Å². The Kier molecular flexibility index (Phi) is 3.37. The Morgan fingerprint density at radius 3 is 2.53 bits per heavy atom. The van der Waals surface area contributed by atoms with Gasteiger partial charge in [0.05, 0.1) is 0 Å². The number of aromatic amines is 1. The number of nitrogens with one attached hydrogen (secondary N) is 1. The highest BCUT2D eigenvalue weighted by Gasteiger charge is 2.02. The second kappa shape index (κ2) is 4.97. The maximum absolute atomic E-state index is 11.6. The Morgan fingerprint density at radius 2 is 1.79 bits per heavy atom. The zero-order chi connectivity index (χ0) is 14.0. The van der Waals surface area contributed by atoms with Crippen LogP contribution in [-0.2, 0) is 13.1 Å². The first-order valence-electron chi connectivity index (χ1n) is 5.74. The molecule has 0 aliphatic carbocycles. The van der Waals surface area contributed by atoms with Crippen LogP contribution in [-0.4, -0.2) is 14.1 Å². The van der Waals surface area contributed by atoms with Crippen LogP contribution >= 0.6 is 0 Å². The maximum atomic E-state index is 11.6. The monoisotopic (exact) mass is 262 g/mol. The summed E-state index contributed by atoms with van der Waals surface area (Å²) in [6.45, 7) is 2.19. The third-order valence-electron chi connectivity index (χ3n) is 2.78. The van der Waals surface area contributed by atoms with E-state index in [4.69, 9.17) is 5.73 Å². The summed E-state index contributed by atoms with van der Waals surface area (Å²) in [5.41, 5.74) is 5.43. The highest BCUT2D eigenvalue weighted by atomic mass is 16.2. The minimum atomic E-state index is -0.493. The number of anilines is 1. The van der Waals surface area contributed by atoms with Gasteiger partial charge in [-0.15, -0.1) is 0 Å². The smallest absolute Gasteiger partial charge is 0.328 e. The van der Waals surface area contributed by atoms with Gasteiger partial charge in [-0.05, 0) is 13.0 Å². The third-order valence-corrected chi connectivity index (χ3v) is 2.78. The van der Waals surface area contributed by atoms with Crippen LogP contribution in [0.15, 0.2) is 38.9 Å². The first-order chi connectivity index (χ1) is 8.97. The molecule has 2 rings (SSSR count). The summed E-state index contributed by atoms with van der Waals surface area (Å²) in [6.07, 6.45) is 2.99. The molecule has 0 aliphatic rings. The standard InChI is InChI=1S/C12H14N4O3/c1-8-6-16(12(19)14-11(8)18)5-4-15-7-9(13)2-3-10(15)17/h2-3,6-7H,4-5,13H2,1H3,(H,14,18,19). The van der Waals surface area contributed by atoms with E-state index in [0.29, 0.717) is 17.8 Å². The normalized spacial score (nSPS) is 10.6. The Bertz CT molecular complexity index is 770. The van der Waals surface area contributed by atoms with Crippen molar-refractivity contribution < 1.29 is 0 Å². The van der Waals surface area contributed by atoms with Gasteiger partial charge in [0.25, 0.3) is 11.1 Å². The van der Waals surface area contributed by atoms with Crippen molar-refractivity contribution >= 4 is 5.69 Å². The number of hydrogen-bond donors (Lipinski definition) is 2. The van der Waals surface area contributed by atoms with Crippen molar-refractivity contribution in [2.24, 2.45) is 0 Å². The lowest BCUT2D eigenvalue weighted by Crippen LogP contribution is -2.32. The molecule has 7 heteroatoms. The molecule has 2 heterocycles. The molecule has 0 aliphatic heterocycles. The topological polar surface area (TPSA) is 103 Å². The molecule has 19 heavy (non-hydrogen) atoms. The fourth-order valence-electron chi connectivity index (χ4n) is 1.72. The molecular formula is C12H14N4O3. The van der Waals surface area contributed by atoms with E-state index in [1.54, 1.807) is 6.92 Å². The van der Waals surface area contributed by atoms with Crippen molar-refractivity contribution in [1.82, 2.24) is 14.1 Å². The van der Waals surface area contributed by atoms with Gasteiger partial charge in [-0.2, -0.15) is 0 Å². The zero-order valence-corrected chi connectivity index (χ0v) is 10.4. The van der Waals surface area contributed by atoms with Crippen LogP contribution < -0.4 is 22.5 Å². The molecule has 2 aromatic heterocycles. The zero-order valence-electron chi connectivity index (χ0n) is 10.4. The molecule has 0 amide bonds. The lowest BCUT2D eigenvalue weighted by Gasteiger charge is -2.08. The van der Waals surface area contributed by atoms with Gasteiger partial charge in [0.1, 0.15) is 0 Å². The van der Waals surface area contributed by atoms with Gasteiger partial charge in [0.15, 0.2) is 0 Å². The van der Waals surface area contributed by atoms with E-state index in [1.807, 2.05) is 0 Å². The first kappa shape index (κ1) is 12.9. The van der Waals surface area contributed by atoms with Gasteiger partial charge in [-0.3, -0.25) is 19.1 Å². The van der Waals surface area contributed by atoms with E-state index in [-0.39, 0.29) is 12.1 Å². The number of nitrogen functional groups attached to an aromatic ring is 1. The molecule has 0 unspecified atom stereocenters. The molecular weight excluding hydrogens is 248 g/mol. The molecule has 0 bridgehead atoms. The molecule has 3 N–H and O–H groups in total. The van der Waals surface area contributed by atoms with Gasteiger partial charge >= 0.3 is 5.69 Å². The van der Waals surface area contributed by atoms with Crippen LogP contribution in [0.25, 0.3) is 0 Å². The lowest BCUT2D eigenvalue weighted by atomic mass is 10.4. The molecule has 0 atom stereocenters. The largest absolute Gasteiger partial charge is 0.398 e. The van der Waals surface area contributed by atoms with Gasteiger partial charge in [0.2, 0.25) is 0 Å². The summed E-state index contributed by atoms with van der Waals surface area (Å²) in [4.78, 5) is 36.6. The highest BCUT2D eigenvalue weighted by molar-refractivity contribution is 5.33. The van der Waals surface area contributed by atoms with Crippen molar-refractivity contribution in [3.05, 3.63) is 61.3 Å². The molecule has 0 fully saturated rings. The van der Waals surface area contributed by atoms with Gasteiger partial charge in [-0.25, -0.2) is 4.79 Å². The maximum Gasteiger partial charge on any atom is 0.328 e. The molecule has 7 nitrogen and oxygen atoms in total. The van der Waals surface area contributed by atoms with Crippen molar-refractivity contribution in [1.29, 1.82) is 0 Å². The number of H-pyrrole nitrogens is 1. The number of aromatic nitrogens is 3. The first-order valence-corrected chi connectivity index (χ1v) is 5.74. The summed E-state index contributed by atoms with van der Waals surface area (Å²) in [7, 11) is 0. The van der Waals surface area contributed by atoms with E-state index < -0.39 is 11.2 Å². The molecule has 0 saturated heterocycles. The van der Waals surface area contributed by atoms with Gasteiger partial charge < -0.3 is 10.3 Å². The second-order valence-corrected chi connectivity index (χ2v) is 4.26. The van der Waals surface area contributed by atoms with Crippen molar-refractivity contribution in [2.45, 2.75) is 20.0 Å². The molecule has 100 valence electrons. The van der Waals surface area contributed by atoms with Crippen LogP contribution in [0, 0.1) is 6.92 Å². The van der Waals surface area contributed by atoms with Gasteiger partial charge in [-0.1, -0.05) is 0 Å². The number of pyridine rings is 1. The molecule has 0 spiro atoms. The van der Waals surface area contributed by atoms with Crippen LogP contribution in [0.2, 0.25) is 0 Å². The average Bonchev–Trinajstić information content (AvgIpc) is 2.36. The summed E-state index contributed by atoms with van der Waals surface area (Å²) in [6, 6.07) is 2.89. The van der Waals surface area contributed by atoms with Crippen LogP contribution in [0.3, 0.4) is 0 Å². The Morgan fingerprint density at radius 1 is 1.11 bits per heavy atom. The SMILES string of the molecule is Cc1cn(CCn2cc(N)ccc2=O)c(=O)[nH]c1=O. The van der Waals surface area contributed by atoms with Crippen LogP contribution in [0.1, 0.15) is 5.56 Å². The predicted octanol–water partition coefficient (Wildman–Crippen LogP) is -0.711. The summed E-state index contributed by atoms with van der Waals surface area (Å²) in [5, 5.41) is 0. The number of rotatable bonds is 3. The lowest BCUT2D eigenvalue weighted by molar-refractivity contribution is 0.541. The quantitative estimate of drug-likeness (QED) is 0.762. The summed E-state index contributed by atoms with van der Waals surface area (Å²) in [5.74, 6) is 0. The predicted molar refractivity (Wildman–Crippen MR) is 71.2 cm³/mol. The average molecular weight is 262 g/mol. The van der Waals surface area contributed by atoms with E-state index in [2.05, 4.69) is 4.98 Å². The Hall–Kier alpha value is -2.57. The molecule has 2 aromatic rings. The second-order valence-electron chi connectivity index (χ2n) is 4.26. The fourth-order valence-corrected chi connectivity index (χ4v) is 1.72. The van der Waals surface area contributed by atoms with E-state index in [0.717, 1.165) is 0 Å². The molecule has 0 aromatic carbocycles. The van der Waals surface area contributed by atoms with Crippen LogP contribution in [0.4, 0.5) is 5.69 Å². The van der Waals surface area contributed by atoms with E-state index in [1.165, 1.54) is 33.7 Å². The minimum absolute atomic E-state index is 0.191. The van der Waals surface area contributed by atoms with Crippen LogP contribution in [0.5, 0.6) is 0 Å². The van der Waals surface area contributed by atoms with E-state index >= 15 is 0 Å². The van der Waals surface area contributed by atoms with E-state index in [9.17, 15) is 14.4 Å². The Labute approximate surface area is 107 Å².